The molecule has 0 unspecified atom stereocenters. The van der Waals surface area contributed by atoms with Gasteiger partial charge < -0.3 is 4.74 Å². The number of hydrogen-bond acceptors (Lipinski definition) is 6. The molecule has 1 heterocycles. The quantitative estimate of drug-likeness (QED) is 0.531. The lowest BCUT2D eigenvalue weighted by Crippen LogP contribution is -2.31. The van der Waals surface area contributed by atoms with Gasteiger partial charge in [0, 0.05) is 11.1 Å². The van der Waals surface area contributed by atoms with Crippen molar-refractivity contribution in [1.29, 1.82) is 0 Å². The van der Waals surface area contributed by atoms with Crippen LogP contribution in [-0.4, -0.2) is 35.9 Å². The highest BCUT2D eigenvalue weighted by atomic mass is 35.5. The lowest BCUT2D eigenvalue weighted by molar-refractivity contribution is -0.0498. The Labute approximate surface area is 189 Å². The van der Waals surface area contributed by atoms with Gasteiger partial charge in [0.25, 0.3) is 15.9 Å². The predicted molar refractivity (Wildman–Crippen MR) is 109 cm³/mol. The van der Waals surface area contributed by atoms with E-state index in [0.29, 0.717) is 0 Å². The summed E-state index contributed by atoms with van der Waals surface area (Å²) in [5, 5.41) is 7.42. The zero-order valence-corrected chi connectivity index (χ0v) is 18.4. The zero-order chi connectivity index (χ0) is 22.9. The van der Waals surface area contributed by atoms with Gasteiger partial charge in [0.05, 0.1) is 21.4 Å². The lowest BCUT2D eigenvalue weighted by Gasteiger charge is -2.10. The third-order valence-corrected chi connectivity index (χ3v) is 6.24. The van der Waals surface area contributed by atoms with Gasteiger partial charge in [-0.05, 0) is 37.3 Å². The van der Waals surface area contributed by atoms with E-state index >= 15 is 0 Å². The summed E-state index contributed by atoms with van der Waals surface area (Å²) in [6.07, 6.45) is 0. The number of rotatable bonds is 6. The van der Waals surface area contributed by atoms with Crippen LogP contribution in [0.25, 0.3) is 5.69 Å². The fourth-order valence-electron chi connectivity index (χ4n) is 2.51. The molecule has 1 N–H and O–H groups in total. The summed E-state index contributed by atoms with van der Waals surface area (Å²) in [6.45, 7) is -1.59. The van der Waals surface area contributed by atoms with E-state index in [1.807, 2.05) is 4.72 Å². The normalized spacial score (nSPS) is 11.6. The molecule has 1 aromatic heterocycles. The molecule has 0 radical (unpaired) electrons. The van der Waals surface area contributed by atoms with Crippen LogP contribution in [0, 0.1) is 6.92 Å². The van der Waals surface area contributed by atoms with Gasteiger partial charge in [-0.25, -0.2) is 17.8 Å². The van der Waals surface area contributed by atoms with Crippen molar-refractivity contribution in [3.63, 3.8) is 0 Å². The van der Waals surface area contributed by atoms with Crippen LogP contribution in [0.15, 0.2) is 41.3 Å². The van der Waals surface area contributed by atoms with Crippen molar-refractivity contribution in [2.45, 2.75) is 18.4 Å². The topological polar surface area (TPSA) is 103 Å². The number of carbonyl (C=O) groups is 1. The average Bonchev–Trinajstić information content (AvgIpc) is 3.04. The predicted octanol–water partition coefficient (Wildman–Crippen LogP) is 4.26. The van der Waals surface area contributed by atoms with E-state index in [2.05, 4.69) is 15.0 Å². The molecule has 8 nitrogen and oxygen atoms in total. The van der Waals surface area contributed by atoms with Gasteiger partial charge in [-0.15, -0.1) is 5.10 Å². The van der Waals surface area contributed by atoms with Crippen molar-refractivity contribution in [3.8, 4) is 11.4 Å². The van der Waals surface area contributed by atoms with E-state index in [1.54, 1.807) is 0 Å². The smallest absolute Gasteiger partial charge is 0.387 e. The van der Waals surface area contributed by atoms with E-state index < -0.39 is 27.4 Å². The van der Waals surface area contributed by atoms with Gasteiger partial charge in [0.15, 0.2) is 5.69 Å². The molecule has 2 aromatic carbocycles. The van der Waals surface area contributed by atoms with Crippen LogP contribution in [0.3, 0.4) is 0 Å². The van der Waals surface area contributed by atoms with Crippen molar-refractivity contribution in [3.05, 3.63) is 62.9 Å². The first-order valence-electron chi connectivity index (χ1n) is 8.19. The first kappa shape index (κ1) is 23.2. The minimum absolute atomic E-state index is 0.0172. The highest BCUT2D eigenvalue weighted by Gasteiger charge is 2.26. The molecule has 164 valence electrons. The van der Waals surface area contributed by atoms with E-state index in [-0.39, 0.29) is 37.9 Å². The van der Waals surface area contributed by atoms with Gasteiger partial charge in [-0.3, -0.25) is 4.79 Å². The lowest BCUT2D eigenvalue weighted by atomic mass is 10.2. The summed E-state index contributed by atoms with van der Waals surface area (Å²) >= 11 is 17.8. The van der Waals surface area contributed by atoms with Crippen LogP contribution in [0.1, 0.15) is 16.2 Å². The molecule has 31 heavy (non-hydrogen) atoms. The standard InChI is InChI=1S/C17H11Cl3F2N4O4S/c1-8-15(16(27)24-31(28,29)14-6-9(18)2-4-11(14)19)23-25-26(8)13-5-3-10(7-12(13)20)30-17(21)22/h2-7,17H,1H3,(H,24,27). The number of benzene rings is 2. The Morgan fingerprint density at radius 1 is 1.13 bits per heavy atom. The molecular weight excluding hydrogens is 501 g/mol. The number of sulfonamides is 1. The van der Waals surface area contributed by atoms with Gasteiger partial charge in [-0.2, -0.15) is 8.78 Å². The first-order chi connectivity index (χ1) is 14.5. The van der Waals surface area contributed by atoms with Crippen LogP contribution in [0.4, 0.5) is 8.78 Å². The van der Waals surface area contributed by atoms with E-state index in [0.717, 1.165) is 16.8 Å². The number of ether oxygens (including phenoxy) is 1. The number of hydrogen-bond donors (Lipinski definition) is 1. The number of aromatic nitrogens is 3. The number of nitrogens with zero attached hydrogens (tertiary/aromatic N) is 3. The molecule has 14 heteroatoms. The molecule has 0 aliphatic carbocycles. The number of halogens is 5. The molecule has 0 saturated heterocycles. The largest absolute Gasteiger partial charge is 0.435 e. The maximum atomic E-state index is 12.5. The minimum atomic E-state index is -4.36. The molecule has 0 aliphatic rings. The Kier molecular flexibility index (Phi) is 6.70. The van der Waals surface area contributed by atoms with Gasteiger partial charge in [0.1, 0.15) is 10.6 Å². The SMILES string of the molecule is Cc1c(C(=O)NS(=O)(=O)c2cc(Cl)ccc2Cl)nnn1-c1ccc(OC(F)F)cc1Cl. The Hall–Kier alpha value is -2.47. The number of amides is 1. The summed E-state index contributed by atoms with van der Waals surface area (Å²) in [5.41, 5.74) is 0.0214. The second kappa shape index (κ2) is 8.95. The maximum absolute atomic E-state index is 12.5. The molecular formula is C17H11Cl3F2N4O4S. The monoisotopic (exact) mass is 510 g/mol. The Balaban J connectivity index is 1.89. The highest BCUT2D eigenvalue weighted by Crippen LogP contribution is 2.28. The van der Waals surface area contributed by atoms with E-state index in [1.165, 1.54) is 31.2 Å². The second-order valence-electron chi connectivity index (χ2n) is 5.94. The molecule has 3 aromatic rings. The Morgan fingerprint density at radius 2 is 1.84 bits per heavy atom. The summed E-state index contributed by atoms with van der Waals surface area (Å²) in [5.74, 6) is -1.25. The Bertz CT molecular complexity index is 1270. The third-order valence-electron chi connectivity index (χ3n) is 3.89. The van der Waals surface area contributed by atoms with E-state index in [4.69, 9.17) is 34.8 Å². The summed E-state index contributed by atoms with van der Waals surface area (Å²) in [6, 6.07) is 7.43. The van der Waals surface area contributed by atoms with Crippen LogP contribution < -0.4 is 9.46 Å². The van der Waals surface area contributed by atoms with Crippen molar-refractivity contribution >= 4 is 50.7 Å². The summed E-state index contributed by atoms with van der Waals surface area (Å²) in [4.78, 5) is 12.1. The van der Waals surface area contributed by atoms with Crippen molar-refractivity contribution in [2.75, 3.05) is 0 Å². The van der Waals surface area contributed by atoms with Crippen LogP contribution in [0.2, 0.25) is 15.1 Å². The number of alkyl halides is 2. The van der Waals surface area contributed by atoms with Crippen LogP contribution >= 0.6 is 34.8 Å². The highest BCUT2D eigenvalue weighted by molar-refractivity contribution is 7.90. The fraction of sp³-hybridized carbons (Fsp3) is 0.118. The first-order valence-corrected chi connectivity index (χ1v) is 10.8. The molecule has 0 atom stereocenters. The molecule has 0 aliphatic heterocycles. The zero-order valence-electron chi connectivity index (χ0n) is 15.3. The van der Waals surface area contributed by atoms with Gasteiger partial charge >= 0.3 is 6.61 Å². The minimum Gasteiger partial charge on any atom is -0.435 e. The van der Waals surface area contributed by atoms with E-state index in [9.17, 15) is 22.0 Å². The molecule has 0 fully saturated rings. The third kappa shape index (κ3) is 5.06. The Morgan fingerprint density at radius 3 is 2.48 bits per heavy atom. The van der Waals surface area contributed by atoms with Gasteiger partial charge in [0.2, 0.25) is 0 Å². The number of nitrogens with one attached hydrogen (secondary N) is 1. The maximum Gasteiger partial charge on any atom is 0.387 e. The average molecular weight is 512 g/mol. The van der Waals surface area contributed by atoms with Gasteiger partial charge in [-0.1, -0.05) is 40.0 Å². The number of carbonyl (C=O) groups excluding carboxylic acids is 1. The molecule has 3 rings (SSSR count). The van der Waals surface area contributed by atoms with Crippen molar-refractivity contribution in [2.24, 2.45) is 0 Å². The molecule has 1 amide bonds. The molecule has 0 spiro atoms. The molecule has 0 saturated carbocycles. The summed E-state index contributed by atoms with van der Waals surface area (Å²) in [7, 11) is -4.36. The van der Waals surface area contributed by atoms with Crippen LogP contribution in [0.5, 0.6) is 5.75 Å². The van der Waals surface area contributed by atoms with Crippen molar-refractivity contribution in [1.82, 2.24) is 19.7 Å². The fourth-order valence-corrected chi connectivity index (χ4v) is 4.48. The van der Waals surface area contributed by atoms with Crippen LogP contribution in [-0.2, 0) is 10.0 Å². The molecule has 0 bridgehead atoms. The second-order valence-corrected chi connectivity index (χ2v) is 8.84. The van der Waals surface area contributed by atoms with Crippen molar-refractivity contribution < 1.29 is 26.7 Å². The summed E-state index contributed by atoms with van der Waals surface area (Å²) < 4.78 is 57.0.